The minimum atomic E-state index is -2.04. The summed E-state index contributed by atoms with van der Waals surface area (Å²) < 4.78 is 28.0. The van der Waals surface area contributed by atoms with Gasteiger partial charge in [0.05, 0.1) is 12.2 Å². The van der Waals surface area contributed by atoms with Crippen molar-refractivity contribution in [1.82, 2.24) is 0 Å². The van der Waals surface area contributed by atoms with Crippen molar-refractivity contribution in [3.63, 3.8) is 0 Å². The SMILES string of the molecule is O=C(C=Cc1ccc(O)cc1)OCC1OC(OC2C(c3c(O)cc4oc(-c5ccc(O)c(O)c5)cc(=O)c4c3O)OC(CO)C(O)C2O)C(O)C(O)C1O. The van der Waals surface area contributed by atoms with Crippen LogP contribution in [0.15, 0.2) is 69.9 Å². The molecule has 0 spiro atoms. The largest absolute Gasteiger partial charge is 0.508 e. The Labute approximate surface area is 303 Å². The molecule has 2 fully saturated rings. The number of aliphatic hydroxyl groups excluding tert-OH is 6. The molecule has 0 aliphatic carbocycles. The second-order valence-corrected chi connectivity index (χ2v) is 12.6. The van der Waals surface area contributed by atoms with E-state index in [0.717, 1.165) is 30.3 Å². The summed E-state index contributed by atoms with van der Waals surface area (Å²) in [6.45, 7) is -1.57. The van der Waals surface area contributed by atoms with Crippen LogP contribution in [0.3, 0.4) is 0 Å². The van der Waals surface area contributed by atoms with Gasteiger partial charge in [-0.2, -0.15) is 0 Å². The van der Waals surface area contributed by atoms with Gasteiger partial charge in [-0.25, -0.2) is 4.79 Å². The van der Waals surface area contributed by atoms with Gasteiger partial charge in [-0.3, -0.25) is 4.79 Å². The number of ether oxygens (including phenoxy) is 4. The maximum absolute atomic E-state index is 13.3. The first-order chi connectivity index (χ1) is 25.7. The van der Waals surface area contributed by atoms with Gasteiger partial charge in [0.2, 0.25) is 0 Å². The molecule has 18 nitrogen and oxygen atoms in total. The van der Waals surface area contributed by atoms with Gasteiger partial charge >= 0.3 is 5.97 Å². The molecule has 4 aromatic rings. The number of phenols is 5. The highest BCUT2D eigenvalue weighted by molar-refractivity contribution is 5.88. The number of rotatable bonds is 9. The number of phenolic OH excluding ortho intramolecular Hbond substituents is 5. The van der Waals surface area contributed by atoms with Crippen molar-refractivity contribution in [3.8, 4) is 40.1 Å². The fourth-order valence-electron chi connectivity index (χ4n) is 6.16. The maximum atomic E-state index is 13.3. The molecule has 2 saturated heterocycles. The van der Waals surface area contributed by atoms with E-state index in [4.69, 9.17) is 23.4 Å². The van der Waals surface area contributed by atoms with E-state index >= 15 is 0 Å². The van der Waals surface area contributed by atoms with Crippen LogP contribution in [0.4, 0.5) is 0 Å². The van der Waals surface area contributed by atoms with Crippen LogP contribution in [0.2, 0.25) is 0 Å². The molecule has 2 aliphatic heterocycles. The summed E-state index contributed by atoms with van der Waals surface area (Å²) in [4.78, 5) is 25.7. The highest BCUT2D eigenvalue weighted by atomic mass is 16.7. The van der Waals surface area contributed by atoms with Crippen LogP contribution in [0.5, 0.6) is 28.7 Å². The number of hydrogen-bond acceptors (Lipinski definition) is 18. The fraction of sp³-hybridized carbons (Fsp3) is 0.333. The molecule has 3 heterocycles. The van der Waals surface area contributed by atoms with Crippen molar-refractivity contribution >= 4 is 23.0 Å². The Morgan fingerprint density at radius 3 is 2.15 bits per heavy atom. The van der Waals surface area contributed by atoms with Crippen LogP contribution in [0.1, 0.15) is 17.2 Å². The second kappa shape index (κ2) is 15.6. The predicted octanol–water partition coefficient (Wildman–Crippen LogP) is -0.409. The second-order valence-electron chi connectivity index (χ2n) is 12.6. The average molecular weight is 757 g/mol. The number of hydrogen-bond donors (Lipinski definition) is 11. The van der Waals surface area contributed by atoms with E-state index in [9.17, 15) is 65.8 Å². The zero-order valence-corrected chi connectivity index (χ0v) is 27.8. The van der Waals surface area contributed by atoms with Gasteiger partial charge in [-0.1, -0.05) is 12.1 Å². The molecule has 11 N–H and O–H groups in total. The molecular formula is C36H36O18. The van der Waals surface area contributed by atoms with Gasteiger partial charge in [0.1, 0.15) is 95.5 Å². The molecule has 288 valence electrons. The first-order valence-corrected chi connectivity index (χ1v) is 16.3. The van der Waals surface area contributed by atoms with Gasteiger partial charge in [0, 0.05) is 23.8 Å². The zero-order valence-electron chi connectivity index (χ0n) is 27.8. The standard InChI is InChI=1S/C36H36O18/c37-12-23-28(44)32(48)35(54-36-33(49)31(47)29(45)24(53-36)13-50-25(43)8-3-14-1-5-16(38)6-2-14)34(52-23)27-20(42)11-22-26(30(27)46)19(41)10-21(51-22)15-4-7-17(39)18(40)9-15/h1-11,23-24,28-29,31-40,42,44-49H,12-13H2. The van der Waals surface area contributed by atoms with Gasteiger partial charge in [-0.15, -0.1) is 0 Å². The van der Waals surface area contributed by atoms with Crippen molar-refractivity contribution in [2.45, 2.75) is 61.2 Å². The molecule has 54 heavy (non-hydrogen) atoms. The van der Waals surface area contributed by atoms with E-state index in [1.54, 1.807) is 0 Å². The van der Waals surface area contributed by atoms with Gasteiger partial charge in [0.25, 0.3) is 0 Å². The molecule has 6 rings (SSSR count). The van der Waals surface area contributed by atoms with Crippen LogP contribution in [-0.4, -0.2) is 130 Å². The quantitative estimate of drug-likeness (QED) is 0.0588. The Morgan fingerprint density at radius 2 is 1.46 bits per heavy atom. The number of carbonyl (C=O) groups excluding carboxylic acids is 1. The van der Waals surface area contributed by atoms with Crippen LogP contribution < -0.4 is 5.43 Å². The van der Waals surface area contributed by atoms with Crippen molar-refractivity contribution in [2.75, 3.05) is 13.2 Å². The third-order valence-electron chi connectivity index (χ3n) is 9.08. The fourth-order valence-corrected chi connectivity index (χ4v) is 6.16. The number of fused-ring (bicyclic) bond motifs is 1. The first kappa shape index (κ1) is 38.4. The van der Waals surface area contributed by atoms with Crippen molar-refractivity contribution in [3.05, 3.63) is 82.0 Å². The molecule has 10 atom stereocenters. The highest BCUT2D eigenvalue weighted by Gasteiger charge is 2.52. The Bertz CT molecular complexity index is 2080. The summed E-state index contributed by atoms with van der Waals surface area (Å²) in [5.74, 6) is -3.68. The van der Waals surface area contributed by atoms with E-state index in [2.05, 4.69) is 0 Å². The minimum Gasteiger partial charge on any atom is -0.508 e. The molecule has 0 radical (unpaired) electrons. The number of esters is 1. The summed E-state index contributed by atoms with van der Waals surface area (Å²) in [7, 11) is 0. The van der Waals surface area contributed by atoms with E-state index in [0.29, 0.717) is 5.56 Å². The summed E-state index contributed by atoms with van der Waals surface area (Å²) in [5.41, 5.74) is -1.10. The molecule has 0 saturated carbocycles. The summed E-state index contributed by atoms with van der Waals surface area (Å²) in [6, 6.07) is 11.3. The monoisotopic (exact) mass is 756 g/mol. The lowest BCUT2D eigenvalue weighted by molar-refractivity contribution is -0.342. The minimum absolute atomic E-state index is 0.0138. The zero-order chi connectivity index (χ0) is 39.0. The Balaban J connectivity index is 1.28. The van der Waals surface area contributed by atoms with Crippen molar-refractivity contribution in [2.24, 2.45) is 0 Å². The van der Waals surface area contributed by atoms with Crippen LogP contribution in [0.25, 0.3) is 28.4 Å². The average Bonchev–Trinajstić information content (AvgIpc) is 3.14. The van der Waals surface area contributed by atoms with Crippen LogP contribution in [0, 0.1) is 0 Å². The smallest absolute Gasteiger partial charge is 0.330 e. The topological polar surface area (TPSA) is 307 Å². The molecule has 3 aromatic carbocycles. The van der Waals surface area contributed by atoms with Gasteiger partial charge in [-0.05, 0) is 42.0 Å². The summed E-state index contributed by atoms with van der Waals surface area (Å²) >= 11 is 0. The summed E-state index contributed by atoms with van der Waals surface area (Å²) in [6.07, 6.45) is -16.1. The highest BCUT2D eigenvalue weighted by Crippen LogP contribution is 2.46. The number of carbonyl (C=O) groups is 1. The normalized spacial score (nSPS) is 28.7. The molecule has 2 aliphatic rings. The van der Waals surface area contributed by atoms with Crippen LogP contribution >= 0.6 is 0 Å². The predicted molar refractivity (Wildman–Crippen MR) is 181 cm³/mol. The first-order valence-electron chi connectivity index (χ1n) is 16.3. The Kier molecular flexibility index (Phi) is 11.1. The molecule has 1 aromatic heterocycles. The lowest BCUT2D eigenvalue weighted by Crippen LogP contribution is -2.63. The molecule has 10 unspecified atom stereocenters. The van der Waals surface area contributed by atoms with Crippen LogP contribution in [-0.2, 0) is 23.7 Å². The van der Waals surface area contributed by atoms with E-state index in [1.165, 1.54) is 36.4 Å². The Morgan fingerprint density at radius 1 is 0.759 bits per heavy atom. The third-order valence-corrected chi connectivity index (χ3v) is 9.08. The lowest BCUT2D eigenvalue weighted by atomic mass is 9.89. The number of aromatic hydroxyl groups is 5. The van der Waals surface area contributed by atoms with Gasteiger partial charge < -0.3 is 79.5 Å². The lowest BCUT2D eigenvalue weighted by Gasteiger charge is -2.46. The Hall–Kier alpha value is -5.28. The maximum Gasteiger partial charge on any atom is 0.330 e. The molecule has 0 bridgehead atoms. The number of aliphatic hydroxyl groups is 6. The van der Waals surface area contributed by atoms with Crippen molar-refractivity contribution in [1.29, 1.82) is 0 Å². The van der Waals surface area contributed by atoms with E-state index in [-0.39, 0.29) is 22.7 Å². The number of benzene rings is 3. The summed E-state index contributed by atoms with van der Waals surface area (Å²) in [5, 5.41) is 115. The molecule has 18 heteroatoms. The van der Waals surface area contributed by atoms with Crippen molar-refractivity contribution < 1.29 is 84.3 Å². The molecular weight excluding hydrogens is 720 g/mol. The molecule has 0 amide bonds. The van der Waals surface area contributed by atoms with Gasteiger partial charge in [0.15, 0.2) is 23.2 Å². The third kappa shape index (κ3) is 7.55. The van der Waals surface area contributed by atoms with E-state index < -0.39 is 120 Å². The van der Waals surface area contributed by atoms with E-state index in [1.807, 2.05) is 0 Å².